The van der Waals surface area contributed by atoms with Crippen LogP contribution in [0.2, 0.25) is 0 Å². The lowest BCUT2D eigenvalue weighted by Crippen LogP contribution is -2.33. The number of rotatable bonds is 9. The van der Waals surface area contributed by atoms with Crippen molar-refractivity contribution < 1.29 is 19.4 Å². The average Bonchev–Trinajstić information content (AvgIpc) is 3.07. The van der Waals surface area contributed by atoms with Crippen molar-refractivity contribution in [3.8, 4) is 5.75 Å². The van der Waals surface area contributed by atoms with Crippen LogP contribution in [-0.4, -0.2) is 64.9 Å². The molecule has 1 atom stereocenters. The minimum Gasteiger partial charge on any atom is -0.507 e. The Bertz CT molecular complexity index is 937. The van der Waals surface area contributed by atoms with Crippen molar-refractivity contribution in [2.24, 2.45) is 0 Å². The molecule has 1 aromatic carbocycles. The van der Waals surface area contributed by atoms with Crippen LogP contribution in [0.4, 0.5) is 0 Å². The molecule has 1 saturated heterocycles. The van der Waals surface area contributed by atoms with Gasteiger partial charge in [0.25, 0.3) is 11.7 Å². The Kier molecular flexibility index (Phi) is 7.41. The molecule has 1 fully saturated rings. The molecule has 1 aliphatic heterocycles. The fraction of sp³-hybridized carbons (Fsp3) is 0.375. The van der Waals surface area contributed by atoms with E-state index in [1.807, 2.05) is 0 Å². The molecule has 0 spiro atoms. The Labute approximate surface area is 183 Å². The molecule has 3 rings (SSSR count). The number of aromatic nitrogens is 1. The number of methoxy groups -OCH3 is 1. The van der Waals surface area contributed by atoms with Crippen molar-refractivity contribution in [1.82, 2.24) is 14.8 Å². The monoisotopic (exact) mass is 423 g/mol. The molecule has 1 amide bonds. The number of nitrogens with zero attached hydrogens (tertiary/aromatic N) is 3. The van der Waals surface area contributed by atoms with E-state index in [-0.39, 0.29) is 11.3 Å². The normalized spacial score (nSPS) is 18.1. The number of ketones is 1. The number of amides is 1. The zero-order chi connectivity index (χ0) is 22.4. The first-order valence-electron chi connectivity index (χ1n) is 10.6. The number of aliphatic hydroxyl groups is 1. The highest BCUT2D eigenvalue weighted by molar-refractivity contribution is 6.46. The fourth-order valence-electron chi connectivity index (χ4n) is 3.91. The first kappa shape index (κ1) is 22.5. The van der Waals surface area contributed by atoms with Crippen molar-refractivity contribution in [1.29, 1.82) is 0 Å². The van der Waals surface area contributed by atoms with Gasteiger partial charge in [0.1, 0.15) is 11.5 Å². The number of aliphatic hydroxyl groups excluding tert-OH is 1. The van der Waals surface area contributed by atoms with Crippen molar-refractivity contribution in [3.63, 3.8) is 0 Å². The van der Waals surface area contributed by atoms with Gasteiger partial charge in [0.05, 0.1) is 18.7 Å². The lowest BCUT2D eigenvalue weighted by Gasteiger charge is -2.26. The van der Waals surface area contributed by atoms with Crippen LogP contribution in [0.1, 0.15) is 37.4 Å². The van der Waals surface area contributed by atoms with Gasteiger partial charge in [0.2, 0.25) is 0 Å². The Morgan fingerprint density at radius 1 is 1.10 bits per heavy atom. The van der Waals surface area contributed by atoms with Gasteiger partial charge in [-0.25, -0.2) is 0 Å². The predicted octanol–water partition coefficient (Wildman–Crippen LogP) is 3.24. The number of likely N-dealkylation sites (tertiary alicyclic amines) is 1. The van der Waals surface area contributed by atoms with Crippen LogP contribution >= 0.6 is 0 Å². The zero-order valence-corrected chi connectivity index (χ0v) is 18.2. The molecule has 1 aromatic heterocycles. The maximum absolute atomic E-state index is 13.0. The molecule has 0 bridgehead atoms. The summed E-state index contributed by atoms with van der Waals surface area (Å²) in [7, 11) is 1.56. The smallest absolute Gasteiger partial charge is 0.295 e. The second-order valence-electron chi connectivity index (χ2n) is 7.38. The number of benzene rings is 1. The zero-order valence-electron chi connectivity index (χ0n) is 18.2. The van der Waals surface area contributed by atoms with E-state index in [0.29, 0.717) is 17.9 Å². The third kappa shape index (κ3) is 4.77. The van der Waals surface area contributed by atoms with E-state index in [1.54, 1.807) is 60.8 Å². The maximum Gasteiger partial charge on any atom is 0.295 e. The number of ether oxygens (including phenoxy) is 1. The van der Waals surface area contributed by atoms with Gasteiger partial charge < -0.3 is 19.6 Å². The SMILES string of the molecule is CCN(CC)CCCN1C(=O)C(=O)/C(=C(\O)c2ccc(OC)cc2)C1c1ccncc1. The summed E-state index contributed by atoms with van der Waals surface area (Å²) in [6, 6.07) is 9.65. The van der Waals surface area contributed by atoms with Crippen LogP contribution in [0, 0.1) is 0 Å². The molecule has 1 unspecified atom stereocenters. The number of Topliss-reactive ketones (excluding diaryl/α,β-unsaturated/α-hetero) is 1. The van der Waals surface area contributed by atoms with E-state index in [2.05, 4.69) is 23.7 Å². The molecule has 2 heterocycles. The minimum atomic E-state index is -0.669. The van der Waals surface area contributed by atoms with Gasteiger partial charge in [-0.1, -0.05) is 13.8 Å². The molecular formula is C24H29N3O4. The highest BCUT2D eigenvalue weighted by Gasteiger charge is 2.45. The molecule has 164 valence electrons. The van der Waals surface area contributed by atoms with Crippen molar-refractivity contribution >= 4 is 17.4 Å². The molecule has 2 aromatic rings. The molecule has 0 radical (unpaired) electrons. The van der Waals surface area contributed by atoms with Gasteiger partial charge in [-0.3, -0.25) is 14.6 Å². The summed E-state index contributed by atoms with van der Waals surface area (Å²) >= 11 is 0. The second kappa shape index (κ2) is 10.2. The summed E-state index contributed by atoms with van der Waals surface area (Å²) in [6.07, 6.45) is 3.98. The topological polar surface area (TPSA) is 83.0 Å². The fourth-order valence-corrected chi connectivity index (χ4v) is 3.91. The molecule has 0 aliphatic carbocycles. The first-order valence-corrected chi connectivity index (χ1v) is 10.6. The lowest BCUT2D eigenvalue weighted by atomic mass is 9.96. The van der Waals surface area contributed by atoms with Crippen molar-refractivity contribution in [3.05, 3.63) is 65.5 Å². The maximum atomic E-state index is 13.0. The highest BCUT2D eigenvalue weighted by atomic mass is 16.5. The summed E-state index contributed by atoms with van der Waals surface area (Å²) in [5.41, 5.74) is 1.30. The standard InChI is InChI=1S/C24H29N3O4/c1-4-26(5-2)15-6-16-27-21(17-11-13-25-14-12-17)20(23(29)24(27)30)22(28)18-7-9-19(31-3)10-8-18/h7-14,21,28H,4-6,15-16H2,1-3H3/b22-20-. The minimum absolute atomic E-state index is 0.101. The van der Waals surface area contributed by atoms with Crippen LogP contribution in [0.15, 0.2) is 54.4 Å². The second-order valence-corrected chi connectivity index (χ2v) is 7.38. The molecule has 7 nitrogen and oxygen atoms in total. The van der Waals surface area contributed by atoms with E-state index in [9.17, 15) is 14.7 Å². The number of pyridine rings is 1. The predicted molar refractivity (Wildman–Crippen MR) is 119 cm³/mol. The van der Waals surface area contributed by atoms with Gasteiger partial charge in [0.15, 0.2) is 0 Å². The molecule has 0 saturated carbocycles. The van der Waals surface area contributed by atoms with Gasteiger partial charge in [0, 0.05) is 24.5 Å². The Hall–Kier alpha value is -3.19. The lowest BCUT2D eigenvalue weighted by molar-refractivity contribution is -0.140. The van der Waals surface area contributed by atoms with Crippen molar-refractivity contribution in [2.45, 2.75) is 26.3 Å². The quantitative estimate of drug-likeness (QED) is 0.379. The van der Waals surface area contributed by atoms with Crippen LogP contribution in [0.3, 0.4) is 0 Å². The van der Waals surface area contributed by atoms with E-state index >= 15 is 0 Å². The molecular weight excluding hydrogens is 394 g/mol. The third-order valence-corrected chi connectivity index (χ3v) is 5.69. The van der Waals surface area contributed by atoms with Gasteiger partial charge >= 0.3 is 0 Å². The van der Waals surface area contributed by atoms with E-state index in [0.717, 1.165) is 31.6 Å². The largest absolute Gasteiger partial charge is 0.507 e. The van der Waals surface area contributed by atoms with E-state index in [4.69, 9.17) is 4.74 Å². The van der Waals surface area contributed by atoms with E-state index in [1.165, 1.54) is 0 Å². The van der Waals surface area contributed by atoms with Crippen LogP contribution in [0.25, 0.3) is 5.76 Å². The van der Waals surface area contributed by atoms with E-state index < -0.39 is 17.7 Å². The van der Waals surface area contributed by atoms with Gasteiger partial charge in [-0.05, 0) is 68.0 Å². The van der Waals surface area contributed by atoms with Crippen LogP contribution in [-0.2, 0) is 9.59 Å². The molecule has 7 heteroatoms. The highest BCUT2D eigenvalue weighted by Crippen LogP contribution is 2.39. The number of carbonyl (C=O) groups excluding carboxylic acids is 2. The average molecular weight is 424 g/mol. The summed E-state index contributed by atoms with van der Waals surface area (Å²) in [4.78, 5) is 33.8. The number of hydrogen-bond acceptors (Lipinski definition) is 6. The number of carbonyl (C=O) groups is 2. The summed E-state index contributed by atoms with van der Waals surface area (Å²) in [6.45, 7) is 7.31. The summed E-state index contributed by atoms with van der Waals surface area (Å²) < 4.78 is 5.16. The van der Waals surface area contributed by atoms with Crippen LogP contribution < -0.4 is 4.74 Å². The Morgan fingerprint density at radius 2 is 1.74 bits per heavy atom. The summed E-state index contributed by atoms with van der Waals surface area (Å²) in [5, 5.41) is 11.0. The Balaban J connectivity index is 1.98. The molecule has 31 heavy (non-hydrogen) atoms. The molecule has 1 aliphatic rings. The third-order valence-electron chi connectivity index (χ3n) is 5.69. The van der Waals surface area contributed by atoms with Gasteiger partial charge in [-0.2, -0.15) is 0 Å². The summed E-state index contributed by atoms with van der Waals surface area (Å²) in [5.74, 6) is -0.803. The van der Waals surface area contributed by atoms with Gasteiger partial charge in [-0.15, -0.1) is 0 Å². The van der Waals surface area contributed by atoms with Crippen LogP contribution in [0.5, 0.6) is 5.75 Å². The molecule has 1 N–H and O–H groups in total. The van der Waals surface area contributed by atoms with Crippen molar-refractivity contribution in [2.75, 3.05) is 33.3 Å². The number of hydrogen-bond donors (Lipinski definition) is 1. The first-order chi connectivity index (χ1) is 15.0. The Morgan fingerprint density at radius 3 is 2.32 bits per heavy atom.